The monoisotopic (exact) mass is 240 g/mol. The Labute approximate surface area is 108 Å². The Bertz CT molecular complexity index is 162. The summed E-state index contributed by atoms with van der Waals surface area (Å²) in [4.78, 5) is 2.47. The van der Waals surface area contributed by atoms with Gasteiger partial charge < -0.3 is 10.2 Å². The molecule has 0 bridgehead atoms. The maximum atomic E-state index is 3.74. The highest BCUT2D eigenvalue weighted by atomic mass is 15.1. The Morgan fingerprint density at radius 3 is 2.35 bits per heavy atom. The number of unbranched alkanes of at least 4 members (excludes halogenated alkanes) is 2. The zero-order valence-electron chi connectivity index (χ0n) is 12.0. The largest absolute Gasteiger partial charge is 0.313 e. The first-order valence-corrected chi connectivity index (χ1v) is 7.75. The molecule has 1 fully saturated rings. The number of nitrogens with zero attached hydrogens (tertiary/aromatic N) is 1. The molecule has 0 aliphatic heterocycles. The Morgan fingerprint density at radius 1 is 1.00 bits per heavy atom. The van der Waals surface area contributed by atoms with Crippen molar-refractivity contribution in [1.82, 2.24) is 10.2 Å². The van der Waals surface area contributed by atoms with Gasteiger partial charge in [-0.25, -0.2) is 0 Å². The maximum absolute atomic E-state index is 3.74. The molecule has 102 valence electrons. The van der Waals surface area contributed by atoms with Gasteiger partial charge in [-0.05, 0) is 32.9 Å². The number of hydrogen-bond donors (Lipinski definition) is 1. The van der Waals surface area contributed by atoms with Crippen LogP contribution in [0.5, 0.6) is 0 Å². The molecule has 0 saturated heterocycles. The van der Waals surface area contributed by atoms with Crippen molar-refractivity contribution >= 4 is 0 Å². The van der Waals surface area contributed by atoms with Crippen molar-refractivity contribution in [2.24, 2.45) is 0 Å². The first-order chi connectivity index (χ1) is 8.33. The molecule has 1 aliphatic rings. The van der Waals surface area contributed by atoms with Crippen LogP contribution in [0.25, 0.3) is 0 Å². The van der Waals surface area contributed by atoms with Crippen molar-refractivity contribution in [2.75, 3.05) is 26.7 Å². The predicted molar refractivity (Wildman–Crippen MR) is 76.5 cm³/mol. The van der Waals surface area contributed by atoms with Crippen LogP contribution in [0, 0.1) is 0 Å². The van der Waals surface area contributed by atoms with E-state index in [1.54, 1.807) is 0 Å². The molecule has 1 N–H and O–H groups in total. The second-order valence-corrected chi connectivity index (χ2v) is 5.65. The van der Waals surface area contributed by atoms with E-state index in [0.717, 1.165) is 6.04 Å². The number of hydrogen-bond acceptors (Lipinski definition) is 2. The van der Waals surface area contributed by atoms with E-state index in [0.29, 0.717) is 0 Å². The third kappa shape index (κ3) is 7.77. The van der Waals surface area contributed by atoms with Crippen LogP contribution < -0.4 is 5.32 Å². The van der Waals surface area contributed by atoms with Gasteiger partial charge in [0.2, 0.25) is 0 Å². The van der Waals surface area contributed by atoms with E-state index in [4.69, 9.17) is 0 Å². The molecule has 0 aromatic carbocycles. The second-order valence-electron chi connectivity index (χ2n) is 5.65. The van der Waals surface area contributed by atoms with Crippen LogP contribution >= 0.6 is 0 Å². The summed E-state index contributed by atoms with van der Waals surface area (Å²) in [6.45, 7) is 5.92. The number of nitrogens with one attached hydrogen (secondary N) is 1. The molecule has 0 amide bonds. The zero-order valence-corrected chi connectivity index (χ0v) is 12.0. The molecule has 1 aliphatic carbocycles. The lowest BCUT2D eigenvalue weighted by Crippen LogP contribution is -2.35. The van der Waals surface area contributed by atoms with Gasteiger partial charge in [-0.3, -0.25) is 0 Å². The molecular formula is C15H32N2. The van der Waals surface area contributed by atoms with E-state index >= 15 is 0 Å². The van der Waals surface area contributed by atoms with Crippen molar-refractivity contribution < 1.29 is 0 Å². The average molecular weight is 240 g/mol. The molecule has 0 atom stereocenters. The molecule has 1 saturated carbocycles. The molecular weight excluding hydrogens is 208 g/mol. The van der Waals surface area contributed by atoms with E-state index in [9.17, 15) is 0 Å². The molecule has 0 spiro atoms. The van der Waals surface area contributed by atoms with Gasteiger partial charge in [0.15, 0.2) is 0 Å². The highest BCUT2D eigenvalue weighted by Crippen LogP contribution is 2.16. The normalized spacial score (nSPS) is 18.5. The molecule has 0 unspecified atom stereocenters. The Morgan fingerprint density at radius 2 is 1.71 bits per heavy atom. The van der Waals surface area contributed by atoms with Crippen LogP contribution in [0.2, 0.25) is 0 Å². The minimum Gasteiger partial charge on any atom is -0.313 e. The van der Waals surface area contributed by atoms with Crippen LogP contribution in [-0.4, -0.2) is 37.6 Å². The van der Waals surface area contributed by atoms with Crippen molar-refractivity contribution in [3.8, 4) is 0 Å². The van der Waals surface area contributed by atoms with E-state index in [1.165, 1.54) is 77.4 Å². The molecule has 2 nitrogen and oxygen atoms in total. The lowest BCUT2D eigenvalue weighted by Gasteiger charge is -2.20. The average Bonchev–Trinajstić information content (AvgIpc) is 2.58. The smallest absolute Gasteiger partial charge is 0.0104 e. The fourth-order valence-corrected chi connectivity index (χ4v) is 2.69. The highest BCUT2D eigenvalue weighted by molar-refractivity contribution is 4.71. The topological polar surface area (TPSA) is 15.3 Å². The van der Waals surface area contributed by atoms with Gasteiger partial charge in [0, 0.05) is 19.1 Å². The molecule has 17 heavy (non-hydrogen) atoms. The minimum absolute atomic E-state index is 0.807. The fraction of sp³-hybridized carbons (Fsp3) is 1.00. The van der Waals surface area contributed by atoms with Gasteiger partial charge in [0.1, 0.15) is 0 Å². The van der Waals surface area contributed by atoms with E-state index in [2.05, 4.69) is 24.2 Å². The maximum Gasteiger partial charge on any atom is 0.0104 e. The SMILES string of the molecule is CCCCCN(C)CCNC1CCCCCC1. The summed E-state index contributed by atoms with van der Waals surface area (Å²) in [5.41, 5.74) is 0. The van der Waals surface area contributed by atoms with Gasteiger partial charge in [0.25, 0.3) is 0 Å². The van der Waals surface area contributed by atoms with Gasteiger partial charge >= 0.3 is 0 Å². The van der Waals surface area contributed by atoms with Crippen LogP contribution in [-0.2, 0) is 0 Å². The first-order valence-electron chi connectivity index (χ1n) is 7.75. The Hall–Kier alpha value is -0.0800. The molecule has 2 heteroatoms. The standard InChI is InChI=1S/C15H32N2/c1-3-4-9-13-17(2)14-12-16-15-10-7-5-6-8-11-15/h15-16H,3-14H2,1-2H3. The molecule has 0 aromatic rings. The lowest BCUT2D eigenvalue weighted by atomic mass is 10.1. The predicted octanol–water partition coefficient (Wildman–Crippen LogP) is 3.42. The van der Waals surface area contributed by atoms with Crippen LogP contribution in [0.1, 0.15) is 64.7 Å². The summed E-state index contributed by atoms with van der Waals surface area (Å²) >= 11 is 0. The highest BCUT2D eigenvalue weighted by Gasteiger charge is 2.11. The second kappa shape index (κ2) is 9.90. The lowest BCUT2D eigenvalue weighted by molar-refractivity contribution is 0.311. The number of rotatable bonds is 8. The van der Waals surface area contributed by atoms with Crippen molar-refractivity contribution in [3.05, 3.63) is 0 Å². The van der Waals surface area contributed by atoms with Gasteiger partial charge in [-0.2, -0.15) is 0 Å². The van der Waals surface area contributed by atoms with Crippen molar-refractivity contribution in [3.63, 3.8) is 0 Å². The van der Waals surface area contributed by atoms with Crippen LogP contribution in [0.4, 0.5) is 0 Å². The van der Waals surface area contributed by atoms with E-state index in [1.807, 2.05) is 0 Å². The molecule has 0 aromatic heterocycles. The van der Waals surface area contributed by atoms with Gasteiger partial charge in [-0.1, -0.05) is 45.4 Å². The minimum atomic E-state index is 0.807. The van der Waals surface area contributed by atoms with Gasteiger partial charge in [-0.15, -0.1) is 0 Å². The summed E-state index contributed by atoms with van der Waals surface area (Å²) in [6, 6.07) is 0.807. The summed E-state index contributed by atoms with van der Waals surface area (Å²) < 4.78 is 0. The zero-order chi connectivity index (χ0) is 12.3. The van der Waals surface area contributed by atoms with Gasteiger partial charge in [0.05, 0.1) is 0 Å². The quantitative estimate of drug-likeness (QED) is 0.516. The Balaban J connectivity index is 1.97. The summed E-state index contributed by atoms with van der Waals surface area (Å²) in [5.74, 6) is 0. The summed E-state index contributed by atoms with van der Waals surface area (Å²) in [7, 11) is 2.25. The van der Waals surface area contributed by atoms with Crippen molar-refractivity contribution in [1.29, 1.82) is 0 Å². The number of likely N-dealkylation sites (N-methyl/N-ethyl adjacent to an activating group) is 1. The molecule has 0 radical (unpaired) electrons. The van der Waals surface area contributed by atoms with E-state index < -0.39 is 0 Å². The van der Waals surface area contributed by atoms with Crippen molar-refractivity contribution in [2.45, 2.75) is 70.8 Å². The van der Waals surface area contributed by atoms with Crippen LogP contribution in [0.15, 0.2) is 0 Å². The Kier molecular flexibility index (Phi) is 8.72. The molecule has 1 rings (SSSR count). The first kappa shape index (κ1) is 15.0. The molecule has 0 heterocycles. The third-order valence-electron chi connectivity index (χ3n) is 3.93. The van der Waals surface area contributed by atoms with E-state index in [-0.39, 0.29) is 0 Å². The third-order valence-corrected chi connectivity index (χ3v) is 3.93. The van der Waals surface area contributed by atoms with Crippen LogP contribution in [0.3, 0.4) is 0 Å². The summed E-state index contributed by atoms with van der Waals surface area (Å²) in [5, 5.41) is 3.74. The fourth-order valence-electron chi connectivity index (χ4n) is 2.69. The summed E-state index contributed by atoms with van der Waals surface area (Å²) in [6.07, 6.45) is 12.6.